The molecule has 1 aromatic rings. The summed E-state index contributed by atoms with van der Waals surface area (Å²) in [6, 6.07) is 1.98. The summed E-state index contributed by atoms with van der Waals surface area (Å²) in [6.07, 6.45) is 7.92. The van der Waals surface area contributed by atoms with E-state index in [1.54, 1.807) is 0 Å². The molecule has 0 spiro atoms. The first-order valence-corrected chi connectivity index (χ1v) is 6.71. The molecule has 1 saturated heterocycles. The van der Waals surface area contributed by atoms with Crippen LogP contribution in [0.15, 0.2) is 18.5 Å². The van der Waals surface area contributed by atoms with Gasteiger partial charge in [-0.05, 0) is 57.9 Å². The fourth-order valence-corrected chi connectivity index (χ4v) is 2.39. The van der Waals surface area contributed by atoms with Gasteiger partial charge >= 0.3 is 0 Å². The van der Waals surface area contributed by atoms with Gasteiger partial charge in [-0.25, -0.2) is 0 Å². The van der Waals surface area contributed by atoms with Gasteiger partial charge in [0, 0.05) is 18.9 Å². The minimum absolute atomic E-state index is 0. The van der Waals surface area contributed by atoms with Gasteiger partial charge in [0.25, 0.3) is 0 Å². The maximum Gasteiger partial charge on any atom is 0.0536 e. The summed E-state index contributed by atoms with van der Waals surface area (Å²) in [7, 11) is 2.21. The van der Waals surface area contributed by atoms with Crippen LogP contribution in [0.4, 0.5) is 0 Å². The molecular formula is C13H26Cl2N4. The standard InChI is InChI=1S/C13H24N4.2ClH/c1-16(11-12-17-9-2-6-15-17)10-5-13-3-7-14-8-4-13;;/h2,6,9,13-14H,3-5,7-8,10-12H2,1H3;2*1H. The molecule has 6 heteroatoms. The third-order valence-electron chi connectivity index (χ3n) is 3.65. The Balaban J connectivity index is 0.00000162. The van der Waals surface area contributed by atoms with E-state index in [9.17, 15) is 0 Å². The minimum Gasteiger partial charge on any atom is -0.317 e. The van der Waals surface area contributed by atoms with Gasteiger partial charge in [-0.15, -0.1) is 24.8 Å². The Morgan fingerprint density at radius 3 is 2.63 bits per heavy atom. The highest BCUT2D eigenvalue weighted by Gasteiger charge is 2.13. The van der Waals surface area contributed by atoms with Crippen molar-refractivity contribution in [2.75, 3.05) is 33.2 Å². The fraction of sp³-hybridized carbons (Fsp3) is 0.769. The van der Waals surface area contributed by atoms with Gasteiger partial charge in [0.15, 0.2) is 0 Å². The van der Waals surface area contributed by atoms with Crippen molar-refractivity contribution in [3.8, 4) is 0 Å². The summed E-state index contributed by atoms with van der Waals surface area (Å²) in [6.45, 7) is 5.72. The van der Waals surface area contributed by atoms with Gasteiger partial charge in [0.05, 0.1) is 6.54 Å². The van der Waals surface area contributed by atoms with Crippen molar-refractivity contribution < 1.29 is 0 Å². The predicted molar refractivity (Wildman–Crippen MR) is 84.4 cm³/mol. The largest absolute Gasteiger partial charge is 0.317 e. The molecule has 0 bridgehead atoms. The number of hydrogen-bond donors (Lipinski definition) is 1. The highest BCUT2D eigenvalue weighted by Crippen LogP contribution is 2.15. The lowest BCUT2D eigenvalue weighted by molar-refractivity contribution is 0.261. The van der Waals surface area contributed by atoms with Crippen molar-refractivity contribution in [2.45, 2.75) is 25.8 Å². The number of rotatable bonds is 6. The van der Waals surface area contributed by atoms with Gasteiger partial charge in [-0.1, -0.05) is 0 Å². The zero-order valence-electron chi connectivity index (χ0n) is 11.6. The van der Waals surface area contributed by atoms with Crippen molar-refractivity contribution in [1.82, 2.24) is 20.0 Å². The number of nitrogens with zero attached hydrogens (tertiary/aromatic N) is 3. The number of hydrogen-bond acceptors (Lipinski definition) is 3. The van der Waals surface area contributed by atoms with Crippen molar-refractivity contribution in [3.05, 3.63) is 18.5 Å². The molecule has 0 aromatic carbocycles. The molecule has 0 saturated carbocycles. The van der Waals surface area contributed by atoms with E-state index in [1.165, 1.54) is 38.9 Å². The van der Waals surface area contributed by atoms with Gasteiger partial charge in [-0.3, -0.25) is 4.68 Å². The van der Waals surface area contributed by atoms with Gasteiger partial charge in [-0.2, -0.15) is 5.10 Å². The molecule has 1 aromatic heterocycles. The number of piperidine rings is 1. The second-order valence-corrected chi connectivity index (χ2v) is 5.05. The Kier molecular flexibility index (Phi) is 10.3. The molecule has 0 unspecified atom stereocenters. The smallest absolute Gasteiger partial charge is 0.0536 e. The van der Waals surface area contributed by atoms with E-state index in [0.717, 1.165) is 19.0 Å². The Labute approximate surface area is 128 Å². The first kappa shape index (κ1) is 18.7. The van der Waals surface area contributed by atoms with E-state index in [0.29, 0.717) is 0 Å². The van der Waals surface area contributed by atoms with Gasteiger partial charge < -0.3 is 10.2 Å². The number of nitrogens with one attached hydrogen (secondary N) is 1. The Hall–Kier alpha value is -0.290. The monoisotopic (exact) mass is 308 g/mol. The second-order valence-electron chi connectivity index (χ2n) is 5.05. The van der Waals surface area contributed by atoms with Crippen LogP contribution in [0.2, 0.25) is 0 Å². The first-order valence-electron chi connectivity index (χ1n) is 6.71. The minimum atomic E-state index is 0. The molecule has 112 valence electrons. The van der Waals surface area contributed by atoms with Crippen LogP contribution in [0.3, 0.4) is 0 Å². The lowest BCUT2D eigenvalue weighted by atomic mass is 9.94. The molecule has 1 N–H and O–H groups in total. The topological polar surface area (TPSA) is 33.1 Å². The molecule has 0 aliphatic carbocycles. The van der Waals surface area contributed by atoms with Gasteiger partial charge in [0.1, 0.15) is 0 Å². The average Bonchev–Trinajstić information content (AvgIpc) is 2.88. The van der Waals surface area contributed by atoms with Crippen molar-refractivity contribution >= 4 is 24.8 Å². The molecule has 19 heavy (non-hydrogen) atoms. The molecule has 1 aliphatic heterocycles. The normalized spacial score (nSPS) is 15.9. The molecule has 1 aliphatic rings. The third-order valence-corrected chi connectivity index (χ3v) is 3.65. The Bertz CT molecular complexity index is 300. The van der Waals surface area contributed by atoms with E-state index in [-0.39, 0.29) is 24.8 Å². The first-order chi connectivity index (χ1) is 8.34. The van der Waals surface area contributed by atoms with Crippen LogP contribution in [-0.4, -0.2) is 47.9 Å². The van der Waals surface area contributed by atoms with E-state index in [2.05, 4.69) is 22.4 Å². The van der Waals surface area contributed by atoms with E-state index in [1.807, 2.05) is 23.1 Å². The average molecular weight is 309 g/mol. The lowest BCUT2D eigenvalue weighted by Gasteiger charge is -2.25. The maximum atomic E-state index is 4.22. The number of aromatic nitrogens is 2. The van der Waals surface area contributed by atoms with E-state index < -0.39 is 0 Å². The zero-order valence-corrected chi connectivity index (χ0v) is 13.3. The van der Waals surface area contributed by atoms with Gasteiger partial charge in [0.2, 0.25) is 0 Å². The van der Waals surface area contributed by atoms with Crippen LogP contribution in [0.1, 0.15) is 19.3 Å². The summed E-state index contributed by atoms with van der Waals surface area (Å²) in [5, 5.41) is 7.64. The fourth-order valence-electron chi connectivity index (χ4n) is 2.39. The van der Waals surface area contributed by atoms with Crippen LogP contribution < -0.4 is 5.32 Å². The van der Waals surface area contributed by atoms with Crippen molar-refractivity contribution in [3.63, 3.8) is 0 Å². The molecule has 4 nitrogen and oxygen atoms in total. The Morgan fingerprint density at radius 2 is 2.00 bits per heavy atom. The SMILES string of the molecule is CN(CCC1CCNCC1)CCn1cccn1.Cl.Cl. The highest BCUT2D eigenvalue weighted by atomic mass is 35.5. The molecular weight excluding hydrogens is 283 g/mol. The molecule has 2 rings (SSSR count). The number of halogens is 2. The van der Waals surface area contributed by atoms with E-state index >= 15 is 0 Å². The second kappa shape index (κ2) is 10.5. The predicted octanol–water partition coefficient (Wildman–Crippen LogP) is 2.05. The summed E-state index contributed by atoms with van der Waals surface area (Å²) in [5.74, 6) is 0.934. The highest BCUT2D eigenvalue weighted by molar-refractivity contribution is 5.85. The molecule has 2 heterocycles. The summed E-state index contributed by atoms with van der Waals surface area (Å²) in [5.41, 5.74) is 0. The van der Waals surface area contributed by atoms with Crippen molar-refractivity contribution in [2.24, 2.45) is 5.92 Å². The summed E-state index contributed by atoms with van der Waals surface area (Å²) in [4.78, 5) is 2.42. The third kappa shape index (κ3) is 7.16. The van der Waals surface area contributed by atoms with Crippen LogP contribution in [-0.2, 0) is 6.54 Å². The Morgan fingerprint density at radius 1 is 1.26 bits per heavy atom. The van der Waals surface area contributed by atoms with Crippen LogP contribution in [0, 0.1) is 5.92 Å². The van der Waals surface area contributed by atoms with Crippen LogP contribution in [0.25, 0.3) is 0 Å². The molecule has 1 fully saturated rings. The molecule has 0 amide bonds. The molecule has 0 atom stereocenters. The lowest BCUT2D eigenvalue weighted by Crippen LogP contribution is -2.31. The van der Waals surface area contributed by atoms with Crippen LogP contribution in [0.5, 0.6) is 0 Å². The number of likely N-dealkylation sites (N-methyl/N-ethyl adjacent to an activating group) is 1. The maximum absolute atomic E-state index is 4.22. The summed E-state index contributed by atoms with van der Waals surface area (Å²) < 4.78 is 2.00. The quantitative estimate of drug-likeness (QED) is 0.873. The molecule has 0 radical (unpaired) electrons. The van der Waals surface area contributed by atoms with E-state index in [4.69, 9.17) is 0 Å². The summed E-state index contributed by atoms with van der Waals surface area (Å²) >= 11 is 0. The zero-order chi connectivity index (χ0) is 11.9. The van der Waals surface area contributed by atoms with Crippen molar-refractivity contribution in [1.29, 1.82) is 0 Å². The van der Waals surface area contributed by atoms with Crippen LogP contribution >= 0.6 is 24.8 Å².